The highest BCUT2D eigenvalue weighted by Gasteiger charge is 2.12. The van der Waals surface area contributed by atoms with Gasteiger partial charge in [0.1, 0.15) is 5.82 Å². The monoisotopic (exact) mass is 371 g/mol. The molecule has 136 valence electrons. The van der Waals surface area contributed by atoms with E-state index in [2.05, 4.69) is 10.4 Å². The molecule has 1 aromatic heterocycles. The minimum Gasteiger partial charge on any atom is -0.462 e. The van der Waals surface area contributed by atoms with Crippen molar-refractivity contribution in [1.82, 2.24) is 9.66 Å². The van der Waals surface area contributed by atoms with Gasteiger partial charge in [0.15, 0.2) is 0 Å². The highest BCUT2D eigenvalue weighted by molar-refractivity contribution is 6.33. The van der Waals surface area contributed by atoms with E-state index in [1.54, 1.807) is 6.07 Å². The molecule has 6 heteroatoms. The first-order valence-corrected chi connectivity index (χ1v) is 9.11. The minimum absolute atomic E-state index is 0.373. The van der Waals surface area contributed by atoms with Crippen LogP contribution in [0.15, 0.2) is 42.5 Å². The molecule has 1 N–H and O–H groups in total. The average molecular weight is 372 g/mol. The molecule has 0 atom stereocenters. The largest absolute Gasteiger partial charge is 0.462 e. The van der Waals surface area contributed by atoms with Crippen molar-refractivity contribution >= 4 is 28.6 Å². The zero-order valence-corrected chi connectivity index (χ0v) is 15.7. The first-order valence-electron chi connectivity index (χ1n) is 8.73. The highest BCUT2D eigenvalue weighted by atomic mass is 35.5. The van der Waals surface area contributed by atoms with Crippen molar-refractivity contribution in [3.63, 3.8) is 0 Å². The fourth-order valence-electron chi connectivity index (χ4n) is 2.81. The zero-order chi connectivity index (χ0) is 18.5. The Morgan fingerprint density at radius 2 is 2.08 bits per heavy atom. The average Bonchev–Trinajstić information content (AvgIpc) is 2.95. The summed E-state index contributed by atoms with van der Waals surface area (Å²) >= 11 is 6.25. The number of rotatable bonds is 7. The lowest BCUT2D eigenvalue weighted by molar-refractivity contribution is 0.0505. The van der Waals surface area contributed by atoms with Crippen molar-refractivity contribution in [2.75, 3.05) is 18.6 Å². The summed E-state index contributed by atoms with van der Waals surface area (Å²) in [5.41, 5.74) is 6.87. The smallest absolute Gasteiger partial charge is 0.339 e. The minimum atomic E-state index is -0.373. The lowest BCUT2D eigenvalue weighted by Crippen LogP contribution is -2.18. The molecule has 0 amide bonds. The van der Waals surface area contributed by atoms with Crippen LogP contribution in [-0.2, 0) is 11.2 Å². The van der Waals surface area contributed by atoms with Crippen LogP contribution in [-0.4, -0.2) is 28.8 Å². The van der Waals surface area contributed by atoms with Gasteiger partial charge in [0, 0.05) is 6.54 Å². The second-order valence-corrected chi connectivity index (χ2v) is 6.50. The summed E-state index contributed by atoms with van der Waals surface area (Å²) in [7, 11) is 0. The molecule has 2 aromatic carbocycles. The number of carbonyl (C=O) groups excluding carboxylic acids is 1. The zero-order valence-electron chi connectivity index (χ0n) is 15.0. The third-order valence-corrected chi connectivity index (χ3v) is 4.42. The van der Waals surface area contributed by atoms with Crippen LogP contribution in [0, 0.1) is 6.92 Å². The quantitative estimate of drug-likeness (QED) is 0.627. The van der Waals surface area contributed by atoms with E-state index in [0.29, 0.717) is 17.2 Å². The molecular formula is C20H22ClN3O2. The first-order chi connectivity index (χ1) is 12.6. The third kappa shape index (κ3) is 3.99. The van der Waals surface area contributed by atoms with Gasteiger partial charge >= 0.3 is 5.97 Å². The van der Waals surface area contributed by atoms with Gasteiger partial charge in [0.2, 0.25) is 0 Å². The van der Waals surface area contributed by atoms with Crippen molar-refractivity contribution < 1.29 is 9.53 Å². The normalized spacial score (nSPS) is 10.9. The van der Waals surface area contributed by atoms with Crippen LogP contribution in [0.3, 0.4) is 0 Å². The summed E-state index contributed by atoms with van der Waals surface area (Å²) < 4.78 is 7.13. The van der Waals surface area contributed by atoms with Gasteiger partial charge < -0.3 is 10.2 Å². The topological polar surface area (TPSA) is 56.1 Å². The molecule has 1 heterocycles. The summed E-state index contributed by atoms with van der Waals surface area (Å²) in [4.78, 5) is 16.5. The number of aromatic nitrogens is 2. The van der Waals surface area contributed by atoms with Gasteiger partial charge in [-0.25, -0.2) is 14.5 Å². The molecule has 0 fully saturated rings. The van der Waals surface area contributed by atoms with E-state index in [1.165, 1.54) is 0 Å². The molecule has 3 rings (SSSR count). The van der Waals surface area contributed by atoms with Gasteiger partial charge in [-0.1, -0.05) is 36.7 Å². The fraction of sp³-hybridized carbons (Fsp3) is 0.300. The molecule has 26 heavy (non-hydrogen) atoms. The van der Waals surface area contributed by atoms with Crippen LogP contribution >= 0.6 is 11.6 Å². The van der Waals surface area contributed by atoms with Crippen LogP contribution in [0.4, 0.5) is 0 Å². The number of para-hydroxylation sites is 2. The molecule has 0 saturated carbocycles. The summed E-state index contributed by atoms with van der Waals surface area (Å²) in [6.07, 6.45) is 1.56. The van der Waals surface area contributed by atoms with E-state index in [0.717, 1.165) is 41.8 Å². The summed E-state index contributed by atoms with van der Waals surface area (Å²) in [5.74, 6) is 0.542. The van der Waals surface area contributed by atoms with Crippen LogP contribution in [0.2, 0.25) is 5.02 Å². The predicted molar refractivity (Wildman–Crippen MR) is 104 cm³/mol. The van der Waals surface area contributed by atoms with Crippen molar-refractivity contribution in [2.45, 2.75) is 26.7 Å². The van der Waals surface area contributed by atoms with E-state index in [9.17, 15) is 4.79 Å². The third-order valence-electron chi connectivity index (χ3n) is 4.10. The molecule has 0 aliphatic carbocycles. The van der Waals surface area contributed by atoms with Crippen molar-refractivity contribution in [1.29, 1.82) is 0 Å². The number of ether oxygens (including phenoxy) is 1. The second-order valence-electron chi connectivity index (χ2n) is 6.09. The Labute approximate surface area is 157 Å². The van der Waals surface area contributed by atoms with Crippen LogP contribution in [0.1, 0.15) is 35.1 Å². The van der Waals surface area contributed by atoms with Gasteiger partial charge in [-0.05, 0) is 49.6 Å². The maximum atomic E-state index is 11.9. The number of nitrogens with one attached hydrogen (secondary N) is 1. The Morgan fingerprint density at radius 3 is 2.85 bits per heavy atom. The maximum absolute atomic E-state index is 11.9. The molecule has 0 bridgehead atoms. The number of esters is 1. The Hall–Kier alpha value is -2.53. The molecule has 0 unspecified atom stereocenters. The van der Waals surface area contributed by atoms with Crippen molar-refractivity contribution in [2.24, 2.45) is 0 Å². The number of halogens is 1. The molecule has 5 nitrogen and oxygen atoms in total. The number of imidazole rings is 1. The number of hydrogen-bond donors (Lipinski definition) is 1. The first kappa shape index (κ1) is 18.3. The molecule has 0 aliphatic heterocycles. The number of nitrogens with zero attached hydrogens (tertiary/aromatic N) is 2. The number of fused-ring (bicyclic) bond motifs is 1. The SMILES string of the molecule is CCCOC(=O)c1ccc(CCNn2c(C)nc3ccccc32)cc1Cl. The van der Waals surface area contributed by atoms with E-state index in [4.69, 9.17) is 16.3 Å². The van der Waals surface area contributed by atoms with Crippen molar-refractivity contribution in [3.05, 3.63) is 64.4 Å². The van der Waals surface area contributed by atoms with Gasteiger partial charge in [0.05, 0.1) is 28.2 Å². The maximum Gasteiger partial charge on any atom is 0.339 e. The molecule has 0 radical (unpaired) electrons. The lowest BCUT2D eigenvalue weighted by Gasteiger charge is -2.11. The van der Waals surface area contributed by atoms with Gasteiger partial charge in [-0.2, -0.15) is 0 Å². The Balaban J connectivity index is 1.64. The van der Waals surface area contributed by atoms with Gasteiger partial charge in [-0.15, -0.1) is 0 Å². The number of carbonyl (C=O) groups is 1. The predicted octanol–water partition coefficient (Wildman–Crippen LogP) is 4.35. The molecular weight excluding hydrogens is 350 g/mol. The number of hydrogen-bond acceptors (Lipinski definition) is 4. The highest BCUT2D eigenvalue weighted by Crippen LogP contribution is 2.20. The van der Waals surface area contributed by atoms with E-state index >= 15 is 0 Å². The Morgan fingerprint density at radius 1 is 1.27 bits per heavy atom. The van der Waals surface area contributed by atoms with E-state index in [1.807, 2.05) is 54.9 Å². The van der Waals surface area contributed by atoms with Gasteiger partial charge in [-0.3, -0.25) is 0 Å². The summed E-state index contributed by atoms with van der Waals surface area (Å²) in [5, 5.41) is 0.424. The van der Waals surface area contributed by atoms with E-state index in [-0.39, 0.29) is 5.97 Å². The number of benzene rings is 2. The van der Waals surface area contributed by atoms with Gasteiger partial charge in [0.25, 0.3) is 0 Å². The lowest BCUT2D eigenvalue weighted by atomic mass is 10.1. The summed E-state index contributed by atoms with van der Waals surface area (Å²) in [6, 6.07) is 13.5. The summed E-state index contributed by atoms with van der Waals surface area (Å²) in [6.45, 7) is 5.05. The number of aryl methyl sites for hydroxylation is 1. The van der Waals surface area contributed by atoms with Crippen LogP contribution in [0.25, 0.3) is 11.0 Å². The fourth-order valence-corrected chi connectivity index (χ4v) is 3.09. The molecule has 0 saturated heterocycles. The Kier molecular flexibility index (Phi) is 5.78. The second kappa shape index (κ2) is 8.23. The molecule has 0 spiro atoms. The van der Waals surface area contributed by atoms with Crippen molar-refractivity contribution in [3.8, 4) is 0 Å². The van der Waals surface area contributed by atoms with Crippen LogP contribution in [0.5, 0.6) is 0 Å². The molecule has 3 aromatic rings. The standard InChI is InChI=1S/C20H22ClN3O2/c1-3-12-26-20(25)16-9-8-15(13-17(16)21)10-11-22-24-14(2)23-18-6-4-5-7-19(18)24/h4-9,13,22H,3,10-12H2,1-2H3. The van der Waals surface area contributed by atoms with E-state index < -0.39 is 0 Å². The molecule has 0 aliphatic rings. The van der Waals surface area contributed by atoms with Crippen LogP contribution < -0.4 is 5.43 Å². The Bertz CT molecular complexity index is 921.